The molecule has 1 aliphatic rings. The van der Waals surface area contributed by atoms with E-state index in [-0.39, 0.29) is 6.10 Å². The first-order valence-corrected chi connectivity index (χ1v) is 5.65. The minimum atomic E-state index is -0.725. The number of aryl methyl sites for hydroxylation is 1. The summed E-state index contributed by atoms with van der Waals surface area (Å²) in [5.74, 6) is 0. The van der Waals surface area contributed by atoms with Crippen LogP contribution in [-0.2, 0) is 11.3 Å². The van der Waals surface area contributed by atoms with Crippen LogP contribution in [0, 0.1) is 6.92 Å². The number of ether oxygens (including phenoxy) is 1. The van der Waals surface area contributed by atoms with Crippen LogP contribution in [0.5, 0.6) is 0 Å². The Morgan fingerprint density at radius 1 is 1.75 bits per heavy atom. The summed E-state index contributed by atoms with van der Waals surface area (Å²) in [6, 6.07) is 0. The molecular formula is C11H19N3O2. The van der Waals surface area contributed by atoms with Crippen LogP contribution in [0.15, 0.2) is 6.20 Å². The summed E-state index contributed by atoms with van der Waals surface area (Å²) in [7, 11) is 0. The summed E-state index contributed by atoms with van der Waals surface area (Å²) in [5, 5.41) is 20.3. The van der Waals surface area contributed by atoms with Gasteiger partial charge < -0.3 is 15.2 Å². The summed E-state index contributed by atoms with van der Waals surface area (Å²) in [4.78, 5) is 0. The lowest BCUT2D eigenvalue weighted by atomic mass is 9.97. The van der Waals surface area contributed by atoms with Crippen LogP contribution in [0.1, 0.15) is 24.6 Å². The highest BCUT2D eigenvalue weighted by molar-refractivity contribution is 5.13. The Balaban J connectivity index is 1.82. The lowest BCUT2D eigenvalue weighted by Gasteiger charge is -2.26. The van der Waals surface area contributed by atoms with E-state index >= 15 is 0 Å². The summed E-state index contributed by atoms with van der Waals surface area (Å²) in [5.41, 5.74) is 1.47. The molecule has 0 spiro atoms. The van der Waals surface area contributed by atoms with Gasteiger partial charge in [0.05, 0.1) is 12.3 Å². The number of H-pyrrole nitrogens is 1. The van der Waals surface area contributed by atoms with E-state index in [2.05, 4.69) is 15.5 Å². The molecular weight excluding hydrogens is 206 g/mol. The molecule has 0 aromatic carbocycles. The van der Waals surface area contributed by atoms with Gasteiger partial charge in [-0.2, -0.15) is 5.10 Å². The molecule has 0 saturated carbocycles. The van der Waals surface area contributed by atoms with Crippen molar-refractivity contribution in [1.29, 1.82) is 0 Å². The predicted molar refractivity (Wildman–Crippen MR) is 60.0 cm³/mol. The third-order valence-electron chi connectivity index (χ3n) is 3.34. The molecule has 1 aromatic rings. The Hall–Kier alpha value is -0.910. The molecule has 1 saturated heterocycles. The smallest absolute Gasteiger partial charge is 0.105 e. The van der Waals surface area contributed by atoms with Crippen LogP contribution in [0.2, 0.25) is 0 Å². The Bertz CT molecular complexity index is 353. The second-order valence-corrected chi connectivity index (χ2v) is 4.49. The molecule has 90 valence electrons. The number of nitrogens with zero attached hydrogens (tertiary/aromatic N) is 1. The van der Waals surface area contributed by atoms with Crippen molar-refractivity contribution in [3.8, 4) is 0 Å². The van der Waals surface area contributed by atoms with Gasteiger partial charge in [0.2, 0.25) is 0 Å². The van der Waals surface area contributed by atoms with Crippen molar-refractivity contribution in [2.75, 3.05) is 13.2 Å². The van der Waals surface area contributed by atoms with Gasteiger partial charge in [0.25, 0.3) is 0 Å². The van der Waals surface area contributed by atoms with Crippen molar-refractivity contribution in [2.24, 2.45) is 0 Å². The fourth-order valence-electron chi connectivity index (χ4n) is 1.97. The Kier molecular flexibility index (Phi) is 3.28. The van der Waals surface area contributed by atoms with E-state index in [0.717, 1.165) is 17.8 Å². The van der Waals surface area contributed by atoms with Gasteiger partial charge in [0.1, 0.15) is 5.60 Å². The minimum Gasteiger partial charge on any atom is -0.386 e. The topological polar surface area (TPSA) is 70.2 Å². The number of nitrogens with one attached hydrogen (secondary N) is 2. The maximum absolute atomic E-state index is 10.2. The van der Waals surface area contributed by atoms with E-state index < -0.39 is 5.60 Å². The lowest BCUT2D eigenvalue weighted by Crippen LogP contribution is -2.45. The Morgan fingerprint density at radius 3 is 3.12 bits per heavy atom. The van der Waals surface area contributed by atoms with Gasteiger partial charge in [-0.15, -0.1) is 0 Å². The first-order chi connectivity index (χ1) is 7.62. The normalized spacial score (nSPS) is 29.8. The van der Waals surface area contributed by atoms with Gasteiger partial charge in [-0.1, -0.05) is 0 Å². The SMILES string of the molecule is Cc1[nH]ncc1CNCC1(O)CCOC1C. The second kappa shape index (κ2) is 4.53. The maximum Gasteiger partial charge on any atom is 0.105 e. The molecule has 0 radical (unpaired) electrons. The molecule has 0 bridgehead atoms. The zero-order valence-electron chi connectivity index (χ0n) is 9.79. The predicted octanol–water partition coefficient (Wildman–Crippen LogP) is 0.348. The van der Waals surface area contributed by atoms with Gasteiger partial charge in [-0.05, 0) is 13.8 Å². The molecule has 1 aliphatic heterocycles. The molecule has 3 N–H and O–H groups in total. The molecule has 5 nitrogen and oxygen atoms in total. The minimum absolute atomic E-state index is 0.0922. The van der Waals surface area contributed by atoms with E-state index in [4.69, 9.17) is 4.74 Å². The highest BCUT2D eigenvalue weighted by atomic mass is 16.5. The zero-order valence-corrected chi connectivity index (χ0v) is 9.79. The first kappa shape index (κ1) is 11.6. The van der Waals surface area contributed by atoms with E-state index in [0.29, 0.717) is 19.6 Å². The third-order valence-corrected chi connectivity index (χ3v) is 3.34. The van der Waals surface area contributed by atoms with Crippen LogP contribution in [0.25, 0.3) is 0 Å². The monoisotopic (exact) mass is 225 g/mol. The number of aromatic nitrogens is 2. The molecule has 0 aliphatic carbocycles. The lowest BCUT2D eigenvalue weighted by molar-refractivity contribution is -0.0263. The number of aromatic amines is 1. The van der Waals surface area contributed by atoms with Crippen molar-refractivity contribution in [2.45, 2.75) is 38.5 Å². The van der Waals surface area contributed by atoms with Crippen LogP contribution >= 0.6 is 0 Å². The van der Waals surface area contributed by atoms with Gasteiger partial charge in [-0.3, -0.25) is 5.10 Å². The highest BCUT2D eigenvalue weighted by Crippen LogP contribution is 2.24. The summed E-state index contributed by atoms with van der Waals surface area (Å²) in [6.07, 6.45) is 2.41. The number of rotatable bonds is 4. The fraction of sp³-hybridized carbons (Fsp3) is 0.727. The van der Waals surface area contributed by atoms with Crippen LogP contribution in [0.4, 0.5) is 0 Å². The fourth-order valence-corrected chi connectivity index (χ4v) is 1.97. The molecule has 0 amide bonds. The van der Waals surface area contributed by atoms with Crippen molar-refractivity contribution in [3.05, 3.63) is 17.5 Å². The molecule has 1 aromatic heterocycles. The first-order valence-electron chi connectivity index (χ1n) is 5.65. The summed E-state index contributed by atoms with van der Waals surface area (Å²) < 4.78 is 5.37. The molecule has 2 atom stereocenters. The van der Waals surface area contributed by atoms with E-state index in [1.807, 2.05) is 13.8 Å². The van der Waals surface area contributed by atoms with Gasteiger partial charge >= 0.3 is 0 Å². The third kappa shape index (κ3) is 2.26. The van der Waals surface area contributed by atoms with Crippen molar-refractivity contribution < 1.29 is 9.84 Å². The average Bonchev–Trinajstić information content (AvgIpc) is 2.77. The summed E-state index contributed by atoms with van der Waals surface area (Å²) in [6.45, 7) is 5.82. The average molecular weight is 225 g/mol. The van der Waals surface area contributed by atoms with E-state index in [1.54, 1.807) is 6.20 Å². The van der Waals surface area contributed by atoms with Crippen molar-refractivity contribution >= 4 is 0 Å². The number of aliphatic hydroxyl groups is 1. The van der Waals surface area contributed by atoms with Crippen LogP contribution < -0.4 is 5.32 Å². The van der Waals surface area contributed by atoms with Crippen LogP contribution in [-0.4, -0.2) is 40.2 Å². The van der Waals surface area contributed by atoms with Crippen molar-refractivity contribution in [3.63, 3.8) is 0 Å². The molecule has 5 heteroatoms. The van der Waals surface area contributed by atoms with Gasteiger partial charge in [0, 0.05) is 37.4 Å². The van der Waals surface area contributed by atoms with E-state index in [1.165, 1.54) is 0 Å². The summed E-state index contributed by atoms with van der Waals surface area (Å²) >= 11 is 0. The highest BCUT2D eigenvalue weighted by Gasteiger charge is 2.38. The Labute approximate surface area is 95.2 Å². The van der Waals surface area contributed by atoms with Crippen LogP contribution in [0.3, 0.4) is 0 Å². The maximum atomic E-state index is 10.2. The number of hydrogen-bond donors (Lipinski definition) is 3. The number of hydrogen-bond acceptors (Lipinski definition) is 4. The largest absolute Gasteiger partial charge is 0.386 e. The molecule has 2 heterocycles. The molecule has 2 unspecified atom stereocenters. The molecule has 1 fully saturated rings. The van der Waals surface area contributed by atoms with Gasteiger partial charge in [0.15, 0.2) is 0 Å². The quantitative estimate of drug-likeness (QED) is 0.691. The van der Waals surface area contributed by atoms with Gasteiger partial charge in [-0.25, -0.2) is 0 Å². The molecule has 2 rings (SSSR count). The van der Waals surface area contributed by atoms with E-state index in [9.17, 15) is 5.11 Å². The Morgan fingerprint density at radius 2 is 2.56 bits per heavy atom. The zero-order chi connectivity index (χ0) is 11.6. The second-order valence-electron chi connectivity index (χ2n) is 4.49. The standard InChI is InChI=1S/C11H19N3O2/c1-8-10(6-13-14-8)5-12-7-11(15)3-4-16-9(11)2/h6,9,12,15H,3-5,7H2,1-2H3,(H,13,14). The van der Waals surface area contributed by atoms with Crippen molar-refractivity contribution in [1.82, 2.24) is 15.5 Å². The molecule has 16 heavy (non-hydrogen) atoms.